The lowest BCUT2D eigenvalue weighted by molar-refractivity contribution is -0.137. The number of ketones is 1. The average Bonchev–Trinajstić information content (AvgIpc) is 2.59. The highest BCUT2D eigenvalue weighted by Crippen LogP contribution is 2.30. The van der Waals surface area contributed by atoms with Crippen LogP contribution in [0.3, 0.4) is 0 Å². The Kier molecular flexibility index (Phi) is 4.24. The van der Waals surface area contributed by atoms with Crippen LogP contribution in [0.5, 0.6) is 5.75 Å². The molecule has 4 nitrogen and oxygen atoms in total. The highest BCUT2D eigenvalue weighted by molar-refractivity contribution is 6.22. The van der Waals surface area contributed by atoms with Gasteiger partial charge in [-0.2, -0.15) is 0 Å². The number of benzene rings is 2. The maximum absolute atomic E-state index is 12.2. The fourth-order valence-corrected chi connectivity index (χ4v) is 2.55. The summed E-state index contributed by atoms with van der Waals surface area (Å²) in [5.74, 6) is -0.184. The molecule has 116 valence electrons. The molecule has 2 aromatic carbocycles. The van der Waals surface area contributed by atoms with Gasteiger partial charge in [-0.15, -0.1) is 0 Å². The Morgan fingerprint density at radius 3 is 2.61 bits per heavy atom. The Balaban J connectivity index is 1.87. The summed E-state index contributed by atoms with van der Waals surface area (Å²) in [6, 6.07) is 15.4. The van der Waals surface area contributed by atoms with E-state index >= 15 is 0 Å². The molecule has 0 saturated carbocycles. The highest BCUT2D eigenvalue weighted by atomic mass is 16.5. The van der Waals surface area contributed by atoms with Crippen LogP contribution in [-0.4, -0.2) is 18.9 Å². The van der Waals surface area contributed by atoms with E-state index in [-0.39, 0.29) is 17.8 Å². The van der Waals surface area contributed by atoms with E-state index < -0.39 is 5.97 Å². The largest absolute Gasteiger partial charge is 0.489 e. The predicted octanol–water partition coefficient (Wildman–Crippen LogP) is 2.95. The third-order valence-electron chi connectivity index (χ3n) is 3.75. The van der Waals surface area contributed by atoms with Crippen LogP contribution in [0, 0.1) is 0 Å². The van der Waals surface area contributed by atoms with Gasteiger partial charge in [0.25, 0.3) is 0 Å². The van der Waals surface area contributed by atoms with Crippen LogP contribution in [-0.2, 0) is 27.4 Å². The van der Waals surface area contributed by atoms with Crippen LogP contribution >= 0.6 is 0 Å². The third-order valence-corrected chi connectivity index (χ3v) is 3.75. The predicted molar refractivity (Wildman–Crippen MR) is 85.9 cm³/mol. The summed E-state index contributed by atoms with van der Waals surface area (Å²) in [6.07, 6.45) is 1.71. The lowest BCUT2D eigenvalue weighted by Crippen LogP contribution is -2.20. The van der Waals surface area contributed by atoms with Gasteiger partial charge in [0.15, 0.2) is 5.78 Å². The third kappa shape index (κ3) is 3.16. The molecule has 4 heteroatoms. The number of Topliss-reactive ketones (excluding diaryl/α,β-unsaturated/α-hetero) is 1. The van der Waals surface area contributed by atoms with Crippen LogP contribution in [0.25, 0.3) is 6.08 Å². The SMILES string of the molecule is COC(=O)C1=Cc2cccc(OCc3ccccc3)c2CC1=O. The lowest BCUT2D eigenvalue weighted by atomic mass is 9.90. The Morgan fingerprint density at radius 2 is 1.87 bits per heavy atom. The van der Waals surface area contributed by atoms with E-state index in [1.807, 2.05) is 48.5 Å². The molecule has 23 heavy (non-hydrogen) atoms. The van der Waals surface area contributed by atoms with Crippen LogP contribution in [0.2, 0.25) is 0 Å². The number of esters is 1. The molecule has 0 aliphatic heterocycles. The van der Waals surface area contributed by atoms with Gasteiger partial charge in [0.2, 0.25) is 0 Å². The average molecular weight is 308 g/mol. The monoisotopic (exact) mass is 308 g/mol. The molecular formula is C19H16O4. The number of rotatable bonds is 4. The van der Waals surface area contributed by atoms with Gasteiger partial charge in [-0.3, -0.25) is 4.79 Å². The second-order valence-corrected chi connectivity index (χ2v) is 5.25. The maximum Gasteiger partial charge on any atom is 0.341 e. The van der Waals surface area contributed by atoms with Crippen LogP contribution in [0.15, 0.2) is 54.1 Å². The summed E-state index contributed by atoms with van der Waals surface area (Å²) in [5, 5.41) is 0. The summed E-state index contributed by atoms with van der Waals surface area (Å²) >= 11 is 0. The fourth-order valence-electron chi connectivity index (χ4n) is 2.55. The minimum Gasteiger partial charge on any atom is -0.489 e. The van der Waals surface area contributed by atoms with Gasteiger partial charge in [-0.1, -0.05) is 42.5 Å². The van der Waals surface area contributed by atoms with Gasteiger partial charge < -0.3 is 9.47 Å². The number of carbonyl (C=O) groups excluding carboxylic acids is 2. The van der Waals surface area contributed by atoms with Crippen molar-refractivity contribution in [1.29, 1.82) is 0 Å². The first-order valence-corrected chi connectivity index (χ1v) is 7.31. The summed E-state index contributed by atoms with van der Waals surface area (Å²) in [4.78, 5) is 23.8. The van der Waals surface area contributed by atoms with Gasteiger partial charge >= 0.3 is 5.97 Å². The molecule has 0 bridgehead atoms. The van der Waals surface area contributed by atoms with Crippen molar-refractivity contribution in [3.05, 3.63) is 70.8 Å². The first-order chi connectivity index (χ1) is 11.2. The lowest BCUT2D eigenvalue weighted by Gasteiger charge is -2.18. The first kappa shape index (κ1) is 15.0. The zero-order chi connectivity index (χ0) is 16.2. The van der Waals surface area contributed by atoms with E-state index in [9.17, 15) is 9.59 Å². The van der Waals surface area contributed by atoms with Crippen molar-refractivity contribution in [3.63, 3.8) is 0 Å². The molecular weight excluding hydrogens is 292 g/mol. The van der Waals surface area contributed by atoms with Crippen molar-refractivity contribution in [1.82, 2.24) is 0 Å². The van der Waals surface area contributed by atoms with Crippen LogP contribution < -0.4 is 4.74 Å². The molecule has 3 rings (SSSR count). The van der Waals surface area contributed by atoms with Gasteiger partial charge in [0.1, 0.15) is 17.9 Å². The molecule has 2 aromatic rings. The maximum atomic E-state index is 12.2. The molecule has 1 aliphatic rings. The minimum atomic E-state index is -0.601. The highest BCUT2D eigenvalue weighted by Gasteiger charge is 2.26. The second-order valence-electron chi connectivity index (χ2n) is 5.25. The molecule has 0 saturated heterocycles. The zero-order valence-electron chi connectivity index (χ0n) is 12.7. The molecule has 0 heterocycles. The molecule has 0 spiro atoms. The molecule has 0 radical (unpaired) electrons. The van der Waals surface area contributed by atoms with Crippen molar-refractivity contribution in [3.8, 4) is 5.75 Å². The summed E-state index contributed by atoms with van der Waals surface area (Å²) < 4.78 is 10.5. The van der Waals surface area contributed by atoms with Crippen LogP contribution in [0.4, 0.5) is 0 Å². The number of methoxy groups -OCH3 is 1. The van der Waals surface area contributed by atoms with Gasteiger partial charge in [0, 0.05) is 12.0 Å². The van der Waals surface area contributed by atoms with Crippen molar-refractivity contribution < 1.29 is 19.1 Å². The van der Waals surface area contributed by atoms with E-state index in [1.54, 1.807) is 6.08 Å². The number of ether oxygens (including phenoxy) is 2. The molecule has 0 amide bonds. The van der Waals surface area contributed by atoms with Crippen molar-refractivity contribution >= 4 is 17.8 Å². The normalized spacial score (nSPS) is 13.1. The molecule has 0 unspecified atom stereocenters. The van der Waals surface area contributed by atoms with Crippen molar-refractivity contribution in [2.24, 2.45) is 0 Å². The van der Waals surface area contributed by atoms with E-state index in [1.165, 1.54) is 7.11 Å². The Morgan fingerprint density at radius 1 is 1.09 bits per heavy atom. The molecule has 0 atom stereocenters. The van der Waals surface area contributed by atoms with E-state index in [0.29, 0.717) is 12.4 Å². The van der Waals surface area contributed by atoms with Crippen molar-refractivity contribution in [2.45, 2.75) is 13.0 Å². The smallest absolute Gasteiger partial charge is 0.341 e. The summed E-state index contributed by atoms with van der Waals surface area (Å²) in [6.45, 7) is 0.430. The Hall–Kier alpha value is -2.88. The quantitative estimate of drug-likeness (QED) is 0.644. The van der Waals surface area contributed by atoms with Gasteiger partial charge in [-0.05, 0) is 23.3 Å². The second kappa shape index (κ2) is 6.48. The van der Waals surface area contributed by atoms with Gasteiger partial charge in [0.05, 0.1) is 7.11 Å². The van der Waals surface area contributed by atoms with E-state index in [4.69, 9.17) is 4.74 Å². The topological polar surface area (TPSA) is 52.6 Å². The Bertz CT molecular complexity index is 775. The first-order valence-electron chi connectivity index (χ1n) is 7.31. The molecule has 1 aliphatic carbocycles. The number of hydrogen-bond donors (Lipinski definition) is 0. The number of carbonyl (C=O) groups is 2. The zero-order valence-corrected chi connectivity index (χ0v) is 12.7. The van der Waals surface area contributed by atoms with Gasteiger partial charge in [-0.25, -0.2) is 4.79 Å². The van der Waals surface area contributed by atoms with E-state index in [2.05, 4.69) is 4.74 Å². The van der Waals surface area contributed by atoms with E-state index in [0.717, 1.165) is 16.7 Å². The fraction of sp³-hybridized carbons (Fsp3) is 0.158. The standard InChI is InChI=1S/C19H16O4/c1-22-19(21)16-10-14-8-5-9-18(15(14)11-17(16)20)23-12-13-6-3-2-4-7-13/h2-10H,11-12H2,1H3. The Labute approximate surface area is 134 Å². The molecule has 0 N–H and O–H groups in total. The summed E-state index contributed by atoms with van der Waals surface area (Å²) in [5.41, 5.74) is 2.76. The molecule has 0 fully saturated rings. The number of fused-ring (bicyclic) bond motifs is 1. The van der Waals surface area contributed by atoms with Crippen LogP contribution in [0.1, 0.15) is 16.7 Å². The van der Waals surface area contributed by atoms with Crippen molar-refractivity contribution in [2.75, 3.05) is 7.11 Å². The summed E-state index contributed by atoms with van der Waals surface area (Å²) in [7, 11) is 1.27. The molecule has 0 aromatic heterocycles. The minimum absolute atomic E-state index is 0.0835. The number of hydrogen-bond acceptors (Lipinski definition) is 4.